The lowest BCUT2D eigenvalue weighted by Crippen LogP contribution is -2.40. The Morgan fingerprint density at radius 1 is 1.33 bits per heavy atom. The van der Waals surface area contributed by atoms with Crippen molar-refractivity contribution in [3.8, 4) is 0 Å². The molecule has 0 saturated carbocycles. The number of hydrogen-bond acceptors (Lipinski definition) is 7. The van der Waals surface area contributed by atoms with E-state index >= 15 is 0 Å². The van der Waals surface area contributed by atoms with Gasteiger partial charge in [0.1, 0.15) is 5.69 Å². The summed E-state index contributed by atoms with van der Waals surface area (Å²) in [5.41, 5.74) is 0.0391. The van der Waals surface area contributed by atoms with Crippen LogP contribution < -0.4 is 5.32 Å². The molecule has 2 rings (SSSR count). The Morgan fingerprint density at radius 3 is 2.67 bits per heavy atom. The quantitative estimate of drug-likeness (QED) is 0.363. The summed E-state index contributed by atoms with van der Waals surface area (Å²) in [7, 11) is -3.77. The van der Waals surface area contributed by atoms with Crippen LogP contribution in [0.25, 0.3) is 0 Å². The number of benzene rings is 1. The Balaban J connectivity index is 2.04. The molecule has 1 heterocycles. The Kier molecular flexibility index (Phi) is 7.96. The van der Waals surface area contributed by atoms with E-state index in [9.17, 15) is 18.5 Å². The van der Waals surface area contributed by atoms with E-state index in [2.05, 4.69) is 19.2 Å². The summed E-state index contributed by atoms with van der Waals surface area (Å²) in [6, 6.07) is 3.96. The molecule has 1 fully saturated rings. The van der Waals surface area contributed by atoms with Gasteiger partial charge in [-0.1, -0.05) is 13.8 Å². The zero-order valence-electron chi connectivity index (χ0n) is 15.7. The molecule has 1 aliphatic heterocycles. The molecule has 0 spiro atoms. The fourth-order valence-corrected chi connectivity index (χ4v) is 4.05. The second kappa shape index (κ2) is 9.98. The van der Waals surface area contributed by atoms with Gasteiger partial charge < -0.3 is 14.8 Å². The number of anilines is 1. The summed E-state index contributed by atoms with van der Waals surface area (Å²) < 4.78 is 37.3. The Labute approximate surface area is 159 Å². The molecule has 0 amide bonds. The maximum Gasteiger partial charge on any atom is 0.293 e. The number of nitrogens with zero attached hydrogens (tertiary/aromatic N) is 2. The lowest BCUT2D eigenvalue weighted by Gasteiger charge is -2.26. The van der Waals surface area contributed by atoms with E-state index in [0.717, 1.165) is 6.07 Å². The van der Waals surface area contributed by atoms with Crippen molar-refractivity contribution in [3.63, 3.8) is 0 Å². The highest BCUT2D eigenvalue weighted by Crippen LogP contribution is 2.29. The molecule has 1 saturated heterocycles. The maximum atomic E-state index is 12.7. The number of ether oxygens (including phenoxy) is 2. The molecule has 0 atom stereocenters. The van der Waals surface area contributed by atoms with Gasteiger partial charge in [-0.05, 0) is 24.5 Å². The van der Waals surface area contributed by atoms with Gasteiger partial charge in [-0.3, -0.25) is 10.1 Å². The number of nitro groups is 1. The molecule has 27 heavy (non-hydrogen) atoms. The van der Waals surface area contributed by atoms with Gasteiger partial charge in [0, 0.05) is 38.9 Å². The first-order chi connectivity index (χ1) is 12.8. The number of nitro benzene ring substituents is 1. The molecule has 9 nitrogen and oxygen atoms in total. The molecule has 0 radical (unpaired) electrons. The van der Waals surface area contributed by atoms with Gasteiger partial charge in [-0.2, -0.15) is 4.31 Å². The van der Waals surface area contributed by atoms with Crippen molar-refractivity contribution >= 4 is 21.4 Å². The van der Waals surface area contributed by atoms with Crippen LogP contribution in [0.15, 0.2) is 23.1 Å². The average molecular weight is 401 g/mol. The molecular formula is C17H27N3O6S. The lowest BCUT2D eigenvalue weighted by atomic mass is 10.2. The first kappa shape index (κ1) is 21.5. The van der Waals surface area contributed by atoms with E-state index in [1.165, 1.54) is 16.4 Å². The Morgan fingerprint density at radius 2 is 2.04 bits per heavy atom. The van der Waals surface area contributed by atoms with E-state index in [-0.39, 0.29) is 23.7 Å². The molecule has 0 aromatic heterocycles. The minimum Gasteiger partial charge on any atom is -0.381 e. The van der Waals surface area contributed by atoms with E-state index in [1.54, 1.807) is 0 Å². The lowest BCUT2D eigenvalue weighted by molar-refractivity contribution is -0.384. The van der Waals surface area contributed by atoms with Crippen LogP contribution in [-0.4, -0.2) is 63.7 Å². The zero-order chi connectivity index (χ0) is 19.9. The van der Waals surface area contributed by atoms with Crippen LogP contribution in [0.3, 0.4) is 0 Å². The van der Waals surface area contributed by atoms with Gasteiger partial charge in [0.15, 0.2) is 0 Å². The minimum atomic E-state index is -3.77. The second-order valence-electron chi connectivity index (χ2n) is 6.70. The Hall–Kier alpha value is -1.75. The summed E-state index contributed by atoms with van der Waals surface area (Å²) in [6.45, 7) is 6.98. The van der Waals surface area contributed by atoms with Crippen molar-refractivity contribution < 1.29 is 22.8 Å². The molecule has 1 N–H and O–H groups in total. The van der Waals surface area contributed by atoms with Gasteiger partial charge in [0.2, 0.25) is 10.0 Å². The molecule has 1 aromatic rings. The summed E-state index contributed by atoms with van der Waals surface area (Å²) in [4.78, 5) is 10.7. The largest absolute Gasteiger partial charge is 0.381 e. The predicted octanol–water partition coefficient (Wildman–Crippen LogP) is 2.09. The van der Waals surface area contributed by atoms with Gasteiger partial charge in [0.05, 0.1) is 23.0 Å². The minimum absolute atomic E-state index is 0.0816. The summed E-state index contributed by atoms with van der Waals surface area (Å²) in [5, 5.41) is 14.4. The predicted molar refractivity (Wildman–Crippen MR) is 101 cm³/mol. The van der Waals surface area contributed by atoms with E-state index in [0.29, 0.717) is 51.0 Å². The number of sulfonamides is 1. The van der Waals surface area contributed by atoms with Crippen LogP contribution in [0, 0.1) is 16.0 Å². The van der Waals surface area contributed by atoms with Crippen molar-refractivity contribution in [2.45, 2.75) is 25.2 Å². The third kappa shape index (κ3) is 6.13. The number of nitrogens with one attached hydrogen (secondary N) is 1. The third-order valence-corrected chi connectivity index (χ3v) is 5.90. The van der Waals surface area contributed by atoms with E-state index in [1.807, 2.05) is 0 Å². The van der Waals surface area contributed by atoms with Crippen LogP contribution in [0.1, 0.15) is 20.3 Å². The van der Waals surface area contributed by atoms with Gasteiger partial charge >= 0.3 is 0 Å². The van der Waals surface area contributed by atoms with Crippen LogP contribution in [0.2, 0.25) is 0 Å². The average Bonchev–Trinajstić information content (AvgIpc) is 2.64. The molecule has 0 unspecified atom stereocenters. The molecule has 1 aromatic carbocycles. The fourth-order valence-electron chi connectivity index (χ4n) is 2.62. The highest BCUT2D eigenvalue weighted by molar-refractivity contribution is 7.89. The van der Waals surface area contributed by atoms with E-state index < -0.39 is 14.9 Å². The van der Waals surface area contributed by atoms with Gasteiger partial charge in [-0.25, -0.2) is 8.42 Å². The van der Waals surface area contributed by atoms with Crippen molar-refractivity contribution in [1.82, 2.24) is 4.31 Å². The molecule has 10 heteroatoms. The van der Waals surface area contributed by atoms with Crippen LogP contribution in [-0.2, 0) is 19.5 Å². The van der Waals surface area contributed by atoms with Crippen molar-refractivity contribution in [2.75, 3.05) is 51.4 Å². The highest BCUT2D eigenvalue weighted by atomic mass is 32.2. The SMILES string of the molecule is CC(C)COCCCNc1ccc(S(=O)(=O)N2CCOCC2)cc1[N+](=O)[O-]. The standard InChI is InChI=1S/C17H27N3O6S/c1-14(2)13-26-9-3-6-18-16-5-4-15(12-17(16)20(21)22)27(23,24)19-7-10-25-11-8-19/h4-5,12,14,18H,3,6-11,13H2,1-2H3. The highest BCUT2D eigenvalue weighted by Gasteiger charge is 2.28. The molecule has 152 valence electrons. The number of morpholine rings is 1. The first-order valence-corrected chi connectivity index (χ1v) is 10.4. The molecule has 1 aliphatic rings. The summed E-state index contributed by atoms with van der Waals surface area (Å²) in [5.74, 6) is 0.458. The van der Waals surface area contributed by atoms with Gasteiger partial charge in [-0.15, -0.1) is 0 Å². The van der Waals surface area contributed by atoms with Crippen LogP contribution in [0.5, 0.6) is 0 Å². The van der Waals surface area contributed by atoms with Crippen molar-refractivity contribution in [1.29, 1.82) is 0 Å². The first-order valence-electron chi connectivity index (χ1n) is 9.00. The van der Waals surface area contributed by atoms with Crippen molar-refractivity contribution in [2.24, 2.45) is 5.92 Å². The third-order valence-electron chi connectivity index (χ3n) is 4.01. The molecule has 0 aliphatic carbocycles. The normalized spacial score (nSPS) is 15.8. The maximum absolute atomic E-state index is 12.7. The summed E-state index contributed by atoms with van der Waals surface area (Å²) >= 11 is 0. The smallest absolute Gasteiger partial charge is 0.293 e. The second-order valence-corrected chi connectivity index (χ2v) is 8.64. The molecule has 0 bridgehead atoms. The number of rotatable bonds is 10. The Bertz CT molecular complexity index is 732. The zero-order valence-corrected chi connectivity index (χ0v) is 16.5. The van der Waals surface area contributed by atoms with Crippen LogP contribution in [0.4, 0.5) is 11.4 Å². The topological polar surface area (TPSA) is 111 Å². The van der Waals surface area contributed by atoms with Gasteiger partial charge in [0.25, 0.3) is 5.69 Å². The fraction of sp³-hybridized carbons (Fsp3) is 0.647. The van der Waals surface area contributed by atoms with E-state index in [4.69, 9.17) is 9.47 Å². The van der Waals surface area contributed by atoms with Crippen LogP contribution >= 0.6 is 0 Å². The molecular weight excluding hydrogens is 374 g/mol. The number of hydrogen-bond donors (Lipinski definition) is 1. The summed E-state index contributed by atoms with van der Waals surface area (Å²) in [6.07, 6.45) is 0.692. The van der Waals surface area contributed by atoms with Crippen molar-refractivity contribution in [3.05, 3.63) is 28.3 Å². The monoisotopic (exact) mass is 401 g/mol.